The van der Waals surface area contributed by atoms with Crippen molar-refractivity contribution in [1.29, 1.82) is 0 Å². The molecule has 4 heteroatoms. The molecule has 0 spiro atoms. The van der Waals surface area contributed by atoms with Gasteiger partial charge in [0.2, 0.25) is 0 Å². The number of aromatic nitrogens is 1. The van der Waals surface area contributed by atoms with E-state index >= 15 is 0 Å². The summed E-state index contributed by atoms with van der Waals surface area (Å²) in [6.07, 6.45) is 4.36. The summed E-state index contributed by atoms with van der Waals surface area (Å²) >= 11 is 3.34. The van der Waals surface area contributed by atoms with E-state index in [-0.39, 0.29) is 6.04 Å². The second kappa shape index (κ2) is 4.28. The van der Waals surface area contributed by atoms with Gasteiger partial charge < -0.3 is 11.1 Å². The highest BCUT2D eigenvalue weighted by atomic mass is 79.9. The van der Waals surface area contributed by atoms with Crippen LogP contribution >= 0.6 is 15.9 Å². The van der Waals surface area contributed by atoms with Crippen molar-refractivity contribution in [3.63, 3.8) is 0 Å². The summed E-state index contributed by atoms with van der Waals surface area (Å²) in [7, 11) is 0. The lowest BCUT2D eigenvalue weighted by Crippen LogP contribution is -2.31. The Hall–Kier alpha value is -0.610. The van der Waals surface area contributed by atoms with E-state index < -0.39 is 0 Å². The molecule has 1 fully saturated rings. The lowest BCUT2D eigenvalue weighted by atomic mass is 10.2. The van der Waals surface area contributed by atoms with Gasteiger partial charge in [0, 0.05) is 23.3 Å². The first-order valence-electron chi connectivity index (χ1n) is 4.87. The van der Waals surface area contributed by atoms with Crippen molar-refractivity contribution in [3.05, 3.63) is 22.8 Å². The Labute approximate surface area is 92.2 Å². The van der Waals surface area contributed by atoms with Crippen LogP contribution in [-0.2, 0) is 0 Å². The maximum absolute atomic E-state index is 5.96. The lowest BCUT2D eigenvalue weighted by molar-refractivity contribution is 0.620. The average molecular weight is 256 g/mol. The third-order valence-corrected chi connectivity index (χ3v) is 2.94. The molecule has 0 saturated heterocycles. The molecule has 1 aromatic rings. The summed E-state index contributed by atoms with van der Waals surface area (Å²) in [5.41, 5.74) is 5.96. The van der Waals surface area contributed by atoms with Crippen molar-refractivity contribution in [2.24, 2.45) is 11.7 Å². The molecule has 1 heterocycles. The molecule has 1 aliphatic carbocycles. The van der Waals surface area contributed by atoms with E-state index in [2.05, 4.69) is 26.2 Å². The minimum Gasteiger partial charge on any atom is -0.369 e. The summed E-state index contributed by atoms with van der Waals surface area (Å²) in [6.45, 7) is 0.819. The number of hydrogen-bond donors (Lipinski definition) is 2. The van der Waals surface area contributed by atoms with E-state index in [9.17, 15) is 0 Å². The highest BCUT2D eigenvalue weighted by Gasteiger charge is 2.27. The number of anilines is 1. The van der Waals surface area contributed by atoms with Crippen LogP contribution in [-0.4, -0.2) is 17.6 Å². The first-order chi connectivity index (χ1) is 6.75. The minimum atomic E-state index is 0.278. The van der Waals surface area contributed by atoms with Gasteiger partial charge in [-0.2, -0.15) is 0 Å². The fraction of sp³-hybridized carbons (Fsp3) is 0.500. The number of rotatable bonds is 4. The largest absolute Gasteiger partial charge is 0.369 e. The number of halogens is 1. The second-order valence-corrected chi connectivity index (χ2v) is 4.66. The van der Waals surface area contributed by atoms with E-state index in [1.807, 2.05) is 12.1 Å². The lowest BCUT2D eigenvalue weighted by Gasteiger charge is -2.11. The molecule has 76 valence electrons. The Kier molecular flexibility index (Phi) is 3.03. The molecule has 1 aromatic heterocycles. The standard InChI is InChI=1S/C10H14BrN3/c11-8-3-4-10(13-5-8)14-6-9(12)7-1-2-7/h3-5,7,9H,1-2,6,12H2,(H,13,14). The van der Waals surface area contributed by atoms with Gasteiger partial charge in [0.05, 0.1) is 0 Å². The predicted octanol–water partition coefficient (Wildman–Crippen LogP) is 1.99. The van der Waals surface area contributed by atoms with E-state index in [4.69, 9.17) is 5.73 Å². The molecule has 3 N–H and O–H groups in total. The average Bonchev–Trinajstić information content (AvgIpc) is 3.00. The molecule has 0 bridgehead atoms. The van der Waals surface area contributed by atoms with E-state index in [0.29, 0.717) is 0 Å². The zero-order valence-corrected chi connectivity index (χ0v) is 9.50. The molecule has 2 rings (SSSR count). The summed E-state index contributed by atoms with van der Waals surface area (Å²) in [6, 6.07) is 4.20. The van der Waals surface area contributed by atoms with E-state index in [1.54, 1.807) is 6.20 Å². The molecule has 1 atom stereocenters. The fourth-order valence-corrected chi connectivity index (χ4v) is 1.63. The van der Waals surface area contributed by atoms with Crippen molar-refractivity contribution >= 4 is 21.7 Å². The minimum absolute atomic E-state index is 0.278. The third kappa shape index (κ3) is 2.69. The normalized spacial score (nSPS) is 17.9. The van der Waals surface area contributed by atoms with Gasteiger partial charge in [0.25, 0.3) is 0 Å². The molecule has 0 aromatic carbocycles. The van der Waals surface area contributed by atoms with Crippen LogP contribution in [0.4, 0.5) is 5.82 Å². The summed E-state index contributed by atoms with van der Waals surface area (Å²) < 4.78 is 0.995. The Morgan fingerprint density at radius 3 is 2.93 bits per heavy atom. The fourth-order valence-electron chi connectivity index (χ4n) is 1.39. The number of pyridine rings is 1. The third-order valence-electron chi connectivity index (χ3n) is 2.47. The Morgan fingerprint density at radius 1 is 1.57 bits per heavy atom. The van der Waals surface area contributed by atoms with Crippen molar-refractivity contribution < 1.29 is 0 Å². The zero-order chi connectivity index (χ0) is 9.97. The molecule has 0 aliphatic heterocycles. The van der Waals surface area contributed by atoms with Gasteiger partial charge in [-0.05, 0) is 46.8 Å². The SMILES string of the molecule is NC(CNc1ccc(Br)cn1)C1CC1. The first-order valence-corrected chi connectivity index (χ1v) is 5.66. The van der Waals surface area contributed by atoms with Crippen LogP contribution in [0.5, 0.6) is 0 Å². The molecular formula is C10H14BrN3. The van der Waals surface area contributed by atoms with E-state index in [0.717, 1.165) is 22.8 Å². The maximum atomic E-state index is 5.96. The molecule has 1 aliphatic rings. The van der Waals surface area contributed by atoms with Gasteiger partial charge in [-0.3, -0.25) is 0 Å². The van der Waals surface area contributed by atoms with Crippen molar-refractivity contribution in [2.75, 3.05) is 11.9 Å². The zero-order valence-electron chi connectivity index (χ0n) is 7.91. The van der Waals surface area contributed by atoms with Gasteiger partial charge in [0.1, 0.15) is 5.82 Å². The number of nitrogens with one attached hydrogen (secondary N) is 1. The van der Waals surface area contributed by atoms with Crippen LogP contribution in [0.15, 0.2) is 22.8 Å². The van der Waals surface area contributed by atoms with Crippen molar-refractivity contribution in [1.82, 2.24) is 4.98 Å². The van der Waals surface area contributed by atoms with Crippen molar-refractivity contribution in [3.8, 4) is 0 Å². The highest BCUT2D eigenvalue weighted by molar-refractivity contribution is 9.10. The van der Waals surface area contributed by atoms with Crippen LogP contribution in [0.1, 0.15) is 12.8 Å². The molecule has 1 saturated carbocycles. The smallest absolute Gasteiger partial charge is 0.126 e. The second-order valence-electron chi connectivity index (χ2n) is 3.74. The maximum Gasteiger partial charge on any atom is 0.126 e. The predicted molar refractivity (Wildman–Crippen MR) is 61.1 cm³/mol. The van der Waals surface area contributed by atoms with Crippen molar-refractivity contribution in [2.45, 2.75) is 18.9 Å². The Balaban J connectivity index is 1.82. The monoisotopic (exact) mass is 255 g/mol. The first kappa shape index (κ1) is 9.93. The van der Waals surface area contributed by atoms with Crippen LogP contribution < -0.4 is 11.1 Å². The summed E-state index contributed by atoms with van der Waals surface area (Å²) in [4.78, 5) is 4.22. The number of hydrogen-bond acceptors (Lipinski definition) is 3. The van der Waals surface area contributed by atoms with Gasteiger partial charge in [-0.15, -0.1) is 0 Å². The van der Waals surface area contributed by atoms with Crippen LogP contribution in [0, 0.1) is 5.92 Å². The van der Waals surface area contributed by atoms with E-state index in [1.165, 1.54) is 12.8 Å². The number of nitrogens with two attached hydrogens (primary N) is 1. The van der Waals surface area contributed by atoms with Gasteiger partial charge in [-0.1, -0.05) is 0 Å². The molecule has 0 radical (unpaired) electrons. The van der Waals surface area contributed by atoms with Gasteiger partial charge in [0.15, 0.2) is 0 Å². The summed E-state index contributed by atoms with van der Waals surface area (Å²) in [5, 5.41) is 3.24. The Bertz CT molecular complexity index is 295. The van der Waals surface area contributed by atoms with Crippen LogP contribution in [0.2, 0.25) is 0 Å². The van der Waals surface area contributed by atoms with Gasteiger partial charge >= 0.3 is 0 Å². The van der Waals surface area contributed by atoms with Crippen LogP contribution in [0.3, 0.4) is 0 Å². The molecular weight excluding hydrogens is 242 g/mol. The van der Waals surface area contributed by atoms with Gasteiger partial charge in [-0.25, -0.2) is 4.98 Å². The molecule has 3 nitrogen and oxygen atoms in total. The molecule has 0 amide bonds. The quantitative estimate of drug-likeness (QED) is 0.866. The van der Waals surface area contributed by atoms with Crippen LogP contribution in [0.25, 0.3) is 0 Å². The Morgan fingerprint density at radius 2 is 2.36 bits per heavy atom. The molecule has 14 heavy (non-hydrogen) atoms. The summed E-state index contributed by atoms with van der Waals surface area (Å²) in [5.74, 6) is 1.63. The topological polar surface area (TPSA) is 50.9 Å². The number of nitrogens with zero attached hydrogens (tertiary/aromatic N) is 1. The highest BCUT2D eigenvalue weighted by Crippen LogP contribution is 2.31. The molecule has 1 unspecified atom stereocenters.